The third-order valence-electron chi connectivity index (χ3n) is 6.86. The van der Waals surface area contributed by atoms with Crippen LogP contribution in [0.2, 0.25) is 0 Å². The molecule has 126 valence electrons. The largest absolute Gasteiger partial charge is 0.297 e. The molecule has 0 N–H and O–H groups in total. The predicted octanol–water partition coefficient (Wildman–Crippen LogP) is 4.91. The van der Waals surface area contributed by atoms with Crippen molar-refractivity contribution < 1.29 is 4.79 Å². The lowest BCUT2D eigenvalue weighted by atomic mass is 9.70. The Morgan fingerprint density at radius 2 is 2.04 bits per heavy atom. The zero-order valence-corrected chi connectivity index (χ0v) is 15.2. The second-order valence-corrected chi connectivity index (χ2v) is 9.08. The molecule has 1 saturated carbocycles. The van der Waals surface area contributed by atoms with E-state index in [4.69, 9.17) is 0 Å². The number of nitrogens with zero attached hydrogens (tertiary/aromatic N) is 1. The maximum Gasteiger partial charge on any atom is 0.173 e. The normalized spacial score (nSPS) is 30.1. The molecule has 3 aliphatic heterocycles. The van der Waals surface area contributed by atoms with E-state index in [0.29, 0.717) is 17.2 Å². The molecule has 0 radical (unpaired) electrons. The minimum absolute atomic E-state index is 0.388. The van der Waals surface area contributed by atoms with Gasteiger partial charge >= 0.3 is 0 Å². The molecule has 1 aromatic carbocycles. The highest BCUT2D eigenvalue weighted by atomic mass is 32.1. The molecule has 1 atom stereocenters. The van der Waals surface area contributed by atoms with Gasteiger partial charge in [-0.25, -0.2) is 0 Å². The quantitative estimate of drug-likeness (QED) is 0.738. The summed E-state index contributed by atoms with van der Waals surface area (Å²) in [6.45, 7) is 4.74. The Morgan fingerprint density at radius 1 is 1.25 bits per heavy atom. The molecule has 4 heterocycles. The highest BCUT2D eigenvalue weighted by Gasteiger charge is 2.60. The van der Waals surface area contributed by atoms with Crippen LogP contribution in [0.15, 0.2) is 24.3 Å². The van der Waals surface area contributed by atoms with Crippen LogP contribution in [0.25, 0.3) is 10.1 Å². The zero-order chi connectivity index (χ0) is 16.3. The highest BCUT2D eigenvalue weighted by molar-refractivity contribution is 7.20. The monoisotopic (exact) mass is 339 g/mol. The molecule has 0 unspecified atom stereocenters. The predicted molar refractivity (Wildman–Crippen MR) is 99.9 cm³/mol. The van der Waals surface area contributed by atoms with Crippen LogP contribution >= 0.6 is 11.3 Å². The fraction of sp³-hybridized carbons (Fsp3) is 0.571. The van der Waals surface area contributed by atoms with E-state index in [-0.39, 0.29) is 0 Å². The van der Waals surface area contributed by atoms with E-state index in [1.807, 2.05) is 0 Å². The molecule has 2 aromatic rings. The first-order chi connectivity index (χ1) is 11.7. The molecule has 2 bridgehead atoms. The summed E-state index contributed by atoms with van der Waals surface area (Å²) in [7, 11) is 0. The third-order valence-corrected chi connectivity index (χ3v) is 8.00. The second kappa shape index (κ2) is 5.40. The molecule has 3 heteroatoms. The topological polar surface area (TPSA) is 20.3 Å². The standard InChI is InChI=1S/C21H25NOS/c1-2-14-3-4-16-12-20(24-19(16)11-14)18(23)13-17-15-5-9-22(10-6-15)21(17)7-8-21/h3-4,11-12,15,17H,2,5-10,13H2,1H3/t17-/m1/s1. The van der Waals surface area contributed by atoms with Gasteiger partial charge in [-0.15, -0.1) is 11.3 Å². The van der Waals surface area contributed by atoms with E-state index >= 15 is 0 Å². The van der Waals surface area contributed by atoms with Crippen molar-refractivity contribution in [2.24, 2.45) is 11.8 Å². The lowest BCUT2D eigenvalue weighted by Crippen LogP contribution is -2.57. The van der Waals surface area contributed by atoms with Gasteiger partial charge < -0.3 is 0 Å². The Labute approximate surface area is 147 Å². The van der Waals surface area contributed by atoms with E-state index in [0.717, 1.165) is 23.6 Å². The first-order valence-corrected chi connectivity index (χ1v) is 10.3. The number of rotatable bonds is 4. The number of aryl methyl sites for hydroxylation is 1. The first kappa shape index (κ1) is 15.1. The van der Waals surface area contributed by atoms with Crippen molar-refractivity contribution in [3.8, 4) is 0 Å². The Kier molecular flexibility index (Phi) is 3.40. The molecule has 3 saturated heterocycles. The van der Waals surface area contributed by atoms with Gasteiger partial charge in [0.05, 0.1) is 4.88 Å². The smallest absolute Gasteiger partial charge is 0.173 e. The lowest BCUT2D eigenvalue weighted by Gasteiger charge is -2.52. The number of hydrogen-bond acceptors (Lipinski definition) is 3. The minimum atomic E-state index is 0.388. The van der Waals surface area contributed by atoms with Gasteiger partial charge in [0.15, 0.2) is 5.78 Å². The maximum atomic E-state index is 13.0. The van der Waals surface area contributed by atoms with Crippen molar-refractivity contribution in [3.05, 3.63) is 34.7 Å². The van der Waals surface area contributed by atoms with Crippen LogP contribution in [-0.2, 0) is 6.42 Å². The molecule has 1 aromatic heterocycles. The molecule has 1 spiro atoms. The number of carbonyl (C=O) groups is 1. The fourth-order valence-corrected chi connectivity index (χ4v) is 6.40. The van der Waals surface area contributed by atoms with Crippen molar-refractivity contribution in [1.82, 2.24) is 4.90 Å². The van der Waals surface area contributed by atoms with Crippen LogP contribution < -0.4 is 0 Å². The average molecular weight is 340 g/mol. The Morgan fingerprint density at radius 3 is 2.75 bits per heavy atom. The van der Waals surface area contributed by atoms with E-state index in [2.05, 4.69) is 36.1 Å². The number of benzene rings is 1. The van der Waals surface area contributed by atoms with Crippen molar-refractivity contribution in [2.75, 3.05) is 13.1 Å². The van der Waals surface area contributed by atoms with Crippen LogP contribution in [0, 0.1) is 11.8 Å². The molecule has 6 rings (SSSR count). The van der Waals surface area contributed by atoms with Crippen molar-refractivity contribution >= 4 is 27.2 Å². The van der Waals surface area contributed by atoms with Gasteiger partial charge in [0, 0.05) is 16.7 Å². The van der Waals surface area contributed by atoms with Crippen LogP contribution in [0.1, 0.15) is 54.3 Å². The number of fused-ring (bicyclic) bond motifs is 3. The fourth-order valence-electron chi connectivity index (χ4n) is 5.33. The molecule has 1 aliphatic carbocycles. The molecule has 4 fully saturated rings. The van der Waals surface area contributed by atoms with Gasteiger partial charge in [0.1, 0.15) is 0 Å². The van der Waals surface area contributed by atoms with Crippen molar-refractivity contribution in [2.45, 2.75) is 51.0 Å². The van der Waals surface area contributed by atoms with E-state index in [9.17, 15) is 4.79 Å². The van der Waals surface area contributed by atoms with Gasteiger partial charge in [-0.2, -0.15) is 0 Å². The zero-order valence-electron chi connectivity index (χ0n) is 14.4. The molecular formula is C21H25NOS. The van der Waals surface area contributed by atoms with Gasteiger partial charge in [0.25, 0.3) is 0 Å². The van der Waals surface area contributed by atoms with E-state index in [1.54, 1.807) is 11.3 Å². The van der Waals surface area contributed by atoms with Crippen LogP contribution in [0.3, 0.4) is 0 Å². The molecular weight excluding hydrogens is 314 g/mol. The number of ketones is 1. The molecule has 2 nitrogen and oxygen atoms in total. The van der Waals surface area contributed by atoms with Gasteiger partial charge in [0.2, 0.25) is 0 Å². The second-order valence-electron chi connectivity index (χ2n) is 8.00. The van der Waals surface area contributed by atoms with Gasteiger partial charge in [-0.3, -0.25) is 9.69 Å². The lowest BCUT2D eigenvalue weighted by molar-refractivity contribution is -0.0273. The summed E-state index contributed by atoms with van der Waals surface area (Å²) in [5.41, 5.74) is 1.78. The summed E-state index contributed by atoms with van der Waals surface area (Å²) in [5.74, 6) is 1.80. The Hall–Kier alpha value is -1.19. The SMILES string of the molecule is CCc1ccc2cc(C(=O)C[C@@H]3C4CCN(CC4)C34CC4)sc2c1. The van der Waals surface area contributed by atoms with E-state index < -0.39 is 0 Å². The Bertz CT molecular complexity index is 795. The summed E-state index contributed by atoms with van der Waals surface area (Å²) < 4.78 is 1.27. The summed E-state index contributed by atoms with van der Waals surface area (Å²) >= 11 is 1.70. The average Bonchev–Trinajstić information content (AvgIpc) is 3.27. The Balaban J connectivity index is 1.40. The molecule has 0 amide bonds. The maximum absolute atomic E-state index is 13.0. The van der Waals surface area contributed by atoms with Crippen LogP contribution in [0.4, 0.5) is 0 Å². The van der Waals surface area contributed by atoms with Gasteiger partial charge in [-0.05, 0) is 80.1 Å². The molecule has 24 heavy (non-hydrogen) atoms. The summed E-state index contributed by atoms with van der Waals surface area (Å²) in [4.78, 5) is 16.7. The number of thiophene rings is 1. The minimum Gasteiger partial charge on any atom is -0.297 e. The number of carbonyl (C=O) groups excluding carboxylic acids is 1. The highest BCUT2D eigenvalue weighted by Crippen LogP contribution is 2.58. The van der Waals surface area contributed by atoms with Crippen LogP contribution in [0.5, 0.6) is 0 Å². The summed E-state index contributed by atoms with van der Waals surface area (Å²) in [6, 6.07) is 8.75. The number of piperidine rings is 3. The molecule has 4 aliphatic rings. The van der Waals surface area contributed by atoms with Crippen molar-refractivity contribution in [3.63, 3.8) is 0 Å². The summed E-state index contributed by atoms with van der Waals surface area (Å²) in [6.07, 6.45) is 7.10. The van der Waals surface area contributed by atoms with Gasteiger partial charge in [-0.1, -0.05) is 19.1 Å². The van der Waals surface area contributed by atoms with Crippen LogP contribution in [-0.4, -0.2) is 29.3 Å². The number of Topliss-reactive ketones (excluding diaryl/α,β-unsaturated/α-hetero) is 1. The van der Waals surface area contributed by atoms with E-state index in [1.165, 1.54) is 54.4 Å². The van der Waals surface area contributed by atoms with Crippen molar-refractivity contribution in [1.29, 1.82) is 0 Å². The first-order valence-electron chi connectivity index (χ1n) is 9.50. The summed E-state index contributed by atoms with van der Waals surface area (Å²) in [5, 5.41) is 1.23. The third kappa shape index (κ3) is 2.21. The number of hydrogen-bond donors (Lipinski definition) is 0.